The number of hydrogen-bond acceptors (Lipinski definition) is 3. The van der Waals surface area contributed by atoms with Crippen molar-refractivity contribution in [2.45, 2.75) is 25.3 Å². The number of aryl methyl sites for hydroxylation is 1. The molecule has 1 saturated heterocycles. The number of anilines is 1. The molecule has 3 nitrogen and oxygen atoms in total. The molecule has 4 heteroatoms. The lowest BCUT2D eigenvalue weighted by molar-refractivity contribution is 0.0753. The highest BCUT2D eigenvalue weighted by atomic mass is 19.1. The van der Waals surface area contributed by atoms with Crippen LogP contribution in [0.5, 0.6) is 0 Å². The first-order chi connectivity index (χ1) is 8.13. The summed E-state index contributed by atoms with van der Waals surface area (Å²) in [7, 11) is 0. The summed E-state index contributed by atoms with van der Waals surface area (Å²) in [6.45, 7) is 2.96. The maximum Gasteiger partial charge on any atom is 0.129 e. The molecule has 0 spiro atoms. The molecule has 0 amide bonds. The van der Waals surface area contributed by atoms with Crippen LogP contribution in [0.2, 0.25) is 0 Å². The zero-order chi connectivity index (χ0) is 12.3. The lowest BCUT2D eigenvalue weighted by Crippen LogP contribution is -2.42. The minimum absolute atomic E-state index is 0.285. The molecule has 90 valence electrons. The van der Waals surface area contributed by atoms with Crippen molar-refractivity contribution in [3.63, 3.8) is 0 Å². The maximum absolute atomic E-state index is 13.3. The van der Waals surface area contributed by atoms with Gasteiger partial charge in [0, 0.05) is 31.7 Å². The monoisotopic (exact) mass is 234 g/mol. The van der Waals surface area contributed by atoms with Crippen LogP contribution in [-0.2, 0) is 4.74 Å². The van der Waals surface area contributed by atoms with Crippen molar-refractivity contribution in [1.82, 2.24) is 0 Å². The highest BCUT2D eigenvalue weighted by molar-refractivity contribution is 5.50. The second-order valence-corrected chi connectivity index (χ2v) is 4.45. The van der Waals surface area contributed by atoms with E-state index in [1.54, 1.807) is 0 Å². The summed E-state index contributed by atoms with van der Waals surface area (Å²) < 4.78 is 18.5. The van der Waals surface area contributed by atoms with Crippen LogP contribution >= 0.6 is 0 Å². The van der Waals surface area contributed by atoms with Crippen molar-refractivity contribution in [2.24, 2.45) is 0 Å². The Morgan fingerprint density at radius 1 is 1.35 bits per heavy atom. The first kappa shape index (κ1) is 11.9. The van der Waals surface area contributed by atoms with Gasteiger partial charge < -0.3 is 10.1 Å². The van der Waals surface area contributed by atoms with Crippen LogP contribution in [0.15, 0.2) is 18.2 Å². The molecule has 1 fully saturated rings. The quantitative estimate of drug-likeness (QED) is 0.855. The smallest absolute Gasteiger partial charge is 0.129 e. The number of halogens is 1. The Kier molecular flexibility index (Phi) is 3.30. The van der Waals surface area contributed by atoms with Crippen LogP contribution < -0.4 is 5.32 Å². The average Bonchev–Trinajstić information content (AvgIpc) is 2.29. The van der Waals surface area contributed by atoms with Gasteiger partial charge in [-0.3, -0.25) is 0 Å². The third kappa shape index (κ3) is 2.75. The fourth-order valence-electron chi connectivity index (χ4n) is 2.07. The van der Waals surface area contributed by atoms with Crippen LogP contribution in [0.3, 0.4) is 0 Å². The Morgan fingerprint density at radius 2 is 2.06 bits per heavy atom. The second kappa shape index (κ2) is 4.72. The van der Waals surface area contributed by atoms with E-state index in [0.717, 1.165) is 5.56 Å². The van der Waals surface area contributed by atoms with E-state index in [1.807, 2.05) is 13.0 Å². The minimum atomic E-state index is -0.627. The molecule has 1 aromatic rings. The van der Waals surface area contributed by atoms with Crippen LogP contribution in [0.25, 0.3) is 0 Å². The van der Waals surface area contributed by atoms with E-state index in [0.29, 0.717) is 31.7 Å². The summed E-state index contributed by atoms with van der Waals surface area (Å²) in [6.07, 6.45) is 1.25. The third-order valence-corrected chi connectivity index (χ3v) is 2.99. The highest BCUT2D eigenvalue weighted by Crippen LogP contribution is 2.26. The summed E-state index contributed by atoms with van der Waals surface area (Å²) in [5.74, 6) is -0.285. The van der Waals surface area contributed by atoms with Crippen LogP contribution in [-0.4, -0.2) is 18.8 Å². The van der Waals surface area contributed by atoms with Gasteiger partial charge in [-0.2, -0.15) is 5.26 Å². The highest BCUT2D eigenvalue weighted by Gasteiger charge is 2.32. The van der Waals surface area contributed by atoms with E-state index in [4.69, 9.17) is 4.74 Å². The number of rotatable bonds is 2. The van der Waals surface area contributed by atoms with Gasteiger partial charge in [0.15, 0.2) is 0 Å². The molecule has 0 aromatic heterocycles. The van der Waals surface area contributed by atoms with E-state index < -0.39 is 5.54 Å². The standard InChI is InChI=1S/C13H15FN2O/c1-10-6-11(14)8-12(7-10)16-13(9-15)2-4-17-5-3-13/h6-8,16H,2-5H2,1H3. The van der Waals surface area contributed by atoms with Crippen LogP contribution in [0.1, 0.15) is 18.4 Å². The van der Waals surface area contributed by atoms with Gasteiger partial charge in [0.05, 0.1) is 6.07 Å². The molecule has 0 saturated carbocycles. The van der Waals surface area contributed by atoms with Crippen molar-refractivity contribution in [2.75, 3.05) is 18.5 Å². The number of nitrogens with one attached hydrogen (secondary N) is 1. The average molecular weight is 234 g/mol. The fourth-order valence-corrected chi connectivity index (χ4v) is 2.07. The van der Waals surface area contributed by atoms with E-state index in [1.165, 1.54) is 12.1 Å². The molecule has 1 aromatic carbocycles. The van der Waals surface area contributed by atoms with E-state index in [-0.39, 0.29) is 5.82 Å². The predicted molar refractivity (Wildman–Crippen MR) is 63.2 cm³/mol. The van der Waals surface area contributed by atoms with Crippen LogP contribution in [0.4, 0.5) is 10.1 Å². The Balaban J connectivity index is 2.21. The molecule has 2 rings (SSSR count). The molecule has 17 heavy (non-hydrogen) atoms. The zero-order valence-corrected chi connectivity index (χ0v) is 9.79. The molecule has 1 heterocycles. The fraction of sp³-hybridized carbons (Fsp3) is 0.462. The summed E-state index contributed by atoms with van der Waals surface area (Å²) in [4.78, 5) is 0. The lowest BCUT2D eigenvalue weighted by Gasteiger charge is -2.32. The third-order valence-electron chi connectivity index (χ3n) is 2.99. The summed E-state index contributed by atoms with van der Waals surface area (Å²) >= 11 is 0. The van der Waals surface area contributed by atoms with Crippen molar-refractivity contribution in [3.8, 4) is 6.07 Å². The van der Waals surface area contributed by atoms with Gasteiger partial charge in [0.1, 0.15) is 11.4 Å². The predicted octanol–water partition coefficient (Wildman–Crippen LogP) is 2.62. The SMILES string of the molecule is Cc1cc(F)cc(NC2(C#N)CCOCC2)c1. The number of nitriles is 1. The lowest BCUT2D eigenvalue weighted by atomic mass is 9.91. The summed E-state index contributed by atoms with van der Waals surface area (Å²) in [5, 5.41) is 12.4. The minimum Gasteiger partial charge on any atom is -0.381 e. The Morgan fingerprint density at radius 3 is 2.65 bits per heavy atom. The Labute approximate surface area is 100 Å². The van der Waals surface area contributed by atoms with Crippen molar-refractivity contribution < 1.29 is 9.13 Å². The van der Waals surface area contributed by atoms with Gasteiger partial charge in [-0.1, -0.05) is 0 Å². The van der Waals surface area contributed by atoms with Crippen LogP contribution in [0, 0.1) is 24.1 Å². The Bertz CT molecular complexity index is 427. The number of nitrogens with zero attached hydrogens (tertiary/aromatic N) is 1. The van der Waals surface area contributed by atoms with Gasteiger partial charge in [-0.15, -0.1) is 0 Å². The van der Waals surface area contributed by atoms with E-state index in [2.05, 4.69) is 11.4 Å². The number of hydrogen-bond donors (Lipinski definition) is 1. The van der Waals surface area contributed by atoms with E-state index in [9.17, 15) is 9.65 Å². The molecule has 1 aliphatic heterocycles. The molecular weight excluding hydrogens is 219 g/mol. The molecule has 0 unspecified atom stereocenters. The van der Waals surface area contributed by atoms with Crippen molar-refractivity contribution in [1.29, 1.82) is 5.26 Å². The van der Waals surface area contributed by atoms with Gasteiger partial charge in [-0.25, -0.2) is 4.39 Å². The summed E-state index contributed by atoms with van der Waals surface area (Å²) in [5.41, 5.74) is 0.872. The van der Waals surface area contributed by atoms with Gasteiger partial charge in [0.25, 0.3) is 0 Å². The molecule has 0 atom stereocenters. The number of ether oxygens (including phenoxy) is 1. The topological polar surface area (TPSA) is 45.0 Å². The van der Waals surface area contributed by atoms with Crippen molar-refractivity contribution >= 4 is 5.69 Å². The molecular formula is C13H15FN2O. The van der Waals surface area contributed by atoms with Gasteiger partial charge >= 0.3 is 0 Å². The first-order valence-corrected chi connectivity index (χ1v) is 5.68. The van der Waals surface area contributed by atoms with E-state index >= 15 is 0 Å². The molecule has 0 aliphatic carbocycles. The summed E-state index contributed by atoms with van der Waals surface area (Å²) in [6, 6.07) is 7.02. The Hall–Kier alpha value is -1.60. The second-order valence-electron chi connectivity index (χ2n) is 4.45. The largest absolute Gasteiger partial charge is 0.381 e. The normalized spacial score (nSPS) is 18.4. The zero-order valence-electron chi connectivity index (χ0n) is 9.79. The molecule has 1 aliphatic rings. The number of benzene rings is 1. The maximum atomic E-state index is 13.3. The van der Waals surface area contributed by atoms with Gasteiger partial charge in [-0.05, 0) is 30.7 Å². The first-order valence-electron chi connectivity index (χ1n) is 5.68. The molecule has 0 bridgehead atoms. The molecule has 0 radical (unpaired) electrons. The van der Waals surface area contributed by atoms with Crippen molar-refractivity contribution in [3.05, 3.63) is 29.6 Å². The molecule has 1 N–H and O–H groups in total. The van der Waals surface area contributed by atoms with Gasteiger partial charge in [0.2, 0.25) is 0 Å².